The van der Waals surface area contributed by atoms with E-state index in [1.165, 1.54) is 13.8 Å². The van der Waals surface area contributed by atoms with Gasteiger partial charge in [0.15, 0.2) is 9.84 Å². The molecule has 100 valence electrons. The smallest absolute Gasteiger partial charge is 0.241 e. The molecule has 2 atom stereocenters. The summed E-state index contributed by atoms with van der Waals surface area (Å²) in [5.74, 6) is -0.415. The van der Waals surface area contributed by atoms with Gasteiger partial charge in [-0.1, -0.05) is 0 Å². The van der Waals surface area contributed by atoms with Crippen molar-refractivity contribution in [3.63, 3.8) is 0 Å². The van der Waals surface area contributed by atoms with Crippen molar-refractivity contribution < 1.29 is 13.2 Å². The van der Waals surface area contributed by atoms with Gasteiger partial charge < -0.3 is 10.6 Å². The Balaban J connectivity index is 2.61. The van der Waals surface area contributed by atoms with E-state index in [1.54, 1.807) is 0 Å². The van der Waals surface area contributed by atoms with Crippen LogP contribution in [0.25, 0.3) is 0 Å². The van der Waals surface area contributed by atoms with Crippen LogP contribution in [0.4, 0.5) is 0 Å². The normalized spacial score (nSPS) is 26.6. The first-order valence-corrected chi connectivity index (χ1v) is 7.77. The molecule has 0 saturated carbocycles. The molecule has 1 amide bonds. The fourth-order valence-electron chi connectivity index (χ4n) is 1.65. The molecule has 2 unspecified atom stereocenters. The molecule has 17 heavy (non-hydrogen) atoms. The van der Waals surface area contributed by atoms with E-state index >= 15 is 0 Å². The number of carbonyl (C=O) groups is 1. The van der Waals surface area contributed by atoms with Crippen LogP contribution in [0, 0.1) is 0 Å². The average molecular weight is 262 g/mol. The molecule has 2 N–H and O–H groups in total. The van der Waals surface area contributed by atoms with Gasteiger partial charge >= 0.3 is 0 Å². The van der Waals surface area contributed by atoms with Gasteiger partial charge in [-0.2, -0.15) is 0 Å². The number of hydrogen-bond acceptors (Lipinski definition) is 4. The van der Waals surface area contributed by atoms with E-state index in [-0.39, 0.29) is 6.04 Å². The van der Waals surface area contributed by atoms with Crippen LogP contribution in [0.15, 0.2) is 0 Å². The number of amides is 1. The molecule has 0 aromatic carbocycles. The van der Waals surface area contributed by atoms with E-state index in [9.17, 15) is 13.2 Å². The fraction of sp³-hybridized carbons (Fsp3) is 0.909. The topological polar surface area (TPSA) is 75.3 Å². The molecule has 5 nitrogen and oxygen atoms in total. The second-order valence-corrected chi connectivity index (χ2v) is 7.90. The van der Waals surface area contributed by atoms with Crippen LogP contribution in [0.1, 0.15) is 33.6 Å². The van der Waals surface area contributed by atoms with Gasteiger partial charge in [-0.3, -0.25) is 4.79 Å². The minimum Gasteiger partial charge on any atom is -0.351 e. The third kappa shape index (κ3) is 3.42. The van der Waals surface area contributed by atoms with E-state index < -0.39 is 20.5 Å². The monoisotopic (exact) mass is 262 g/mol. The minimum atomic E-state index is -3.40. The number of piperidine rings is 1. The summed E-state index contributed by atoms with van der Waals surface area (Å²) in [4.78, 5) is 11.9. The van der Waals surface area contributed by atoms with Gasteiger partial charge in [0.05, 0.1) is 0 Å². The van der Waals surface area contributed by atoms with E-state index in [0.29, 0.717) is 12.6 Å². The molecular weight excluding hydrogens is 240 g/mol. The Morgan fingerprint density at radius 2 is 1.94 bits per heavy atom. The highest BCUT2D eigenvalue weighted by Crippen LogP contribution is 2.16. The molecule has 0 aromatic heterocycles. The van der Waals surface area contributed by atoms with Crippen LogP contribution in [0.2, 0.25) is 0 Å². The third-order valence-electron chi connectivity index (χ3n) is 3.47. The van der Waals surface area contributed by atoms with Gasteiger partial charge in [-0.05, 0) is 33.6 Å². The number of rotatable bonds is 3. The maximum absolute atomic E-state index is 11.9. The summed E-state index contributed by atoms with van der Waals surface area (Å²) >= 11 is 0. The van der Waals surface area contributed by atoms with E-state index in [1.807, 2.05) is 0 Å². The van der Waals surface area contributed by atoms with Crippen molar-refractivity contribution in [2.45, 2.75) is 50.4 Å². The molecule has 0 spiro atoms. The van der Waals surface area contributed by atoms with Crippen molar-refractivity contribution in [2.24, 2.45) is 0 Å². The molecule has 0 aliphatic carbocycles. The Morgan fingerprint density at radius 3 is 2.35 bits per heavy atom. The standard InChI is InChI=1S/C11H22N2O3S/c1-8-5-6-9(7-12-8)13-10(14)11(2,3)17(4,15)16/h8-9,12H,5-7H2,1-4H3,(H,13,14). The van der Waals surface area contributed by atoms with Gasteiger partial charge in [-0.15, -0.1) is 0 Å². The Kier molecular flexibility index (Phi) is 4.19. The average Bonchev–Trinajstić information content (AvgIpc) is 2.19. The molecule has 1 rings (SSSR count). The van der Waals surface area contributed by atoms with Crippen molar-refractivity contribution in [3.05, 3.63) is 0 Å². The first kappa shape index (κ1) is 14.4. The molecule has 1 aliphatic heterocycles. The van der Waals surface area contributed by atoms with Gasteiger partial charge in [0.1, 0.15) is 4.75 Å². The minimum absolute atomic E-state index is 0.0275. The van der Waals surface area contributed by atoms with Crippen molar-refractivity contribution >= 4 is 15.7 Å². The lowest BCUT2D eigenvalue weighted by Crippen LogP contribution is -2.55. The summed E-state index contributed by atoms with van der Waals surface area (Å²) in [5.41, 5.74) is 0. The van der Waals surface area contributed by atoms with Gasteiger partial charge in [0, 0.05) is 24.9 Å². The first-order valence-electron chi connectivity index (χ1n) is 5.88. The summed E-state index contributed by atoms with van der Waals surface area (Å²) in [6.07, 6.45) is 2.97. The third-order valence-corrected chi connectivity index (χ3v) is 5.51. The molecule has 0 aromatic rings. The predicted molar refractivity (Wildman–Crippen MR) is 67.6 cm³/mol. The summed E-state index contributed by atoms with van der Waals surface area (Å²) in [7, 11) is -3.40. The van der Waals surface area contributed by atoms with Gasteiger partial charge in [-0.25, -0.2) is 8.42 Å². The van der Waals surface area contributed by atoms with Crippen LogP contribution in [-0.2, 0) is 14.6 Å². The zero-order valence-electron chi connectivity index (χ0n) is 10.9. The fourth-order valence-corrected chi connectivity index (χ4v) is 2.05. The highest BCUT2D eigenvalue weighted by molar-refractivity contribution is 7.92. The Labute approximate surface area is 103 Å². The molecule has 0 bridgehead atoms. The Hall–Kier alpha value is -0.620. The van der Waals surface area contributed by atoms with Crippen LogP contribution >= 0.6 is 0 Å². The van der Waals surface area contributed by atoms with Crippen LogP contribution in [0.3, 0.4) is 0 Å². The molecule has 0 radical (unpaired) electrons. The largest absolute Gasteiger partial charge is 0.351 e. The second kappa shape index (κ2) is 4.94. The second-order valence-electron chi connectivity index (χ2n) is 5.34. The highest BCUT2D eigenvalue weighted by Gasteiger charge is 2.39. The summed E-state index contributed by atoms with van der Waals surface area (Å²) in [5, 5.41) is 6.07. The Bertz CT molecular complexity index is 382. The summed E-state index contributed by atoms with van der Waals surface area (Å²) in [6, 6.07) is 0.491. The van der Waals surface area contributed by atoms with E-state index in [2.05, 4.69) is 17.6 Å². The number of hydrogen-bond donors (Lipinski definition) is 2. The van der Waals surface area contributed by atoms with Crippen molar-refractivity contribution in [2.75, 3.05) is 12.8 Å². The molecule has 1 fully saturated rings. The van der Waals surface area contributed by atoms with E-state index in [0.717, 1.165) is 19.1 Å². The van der Waals surface area contributed by atoms with Crippen molar-refractivity contribution in [1.82, 2.24) is 10.6 Å². The van der Waals surface area contributed by atoms with Crippen LogP contribution in [-0.4, -0.2) is 44.0 Å². The zero-order valence-corrected chi connectivity index (χ0v) is 11.7. The van der Waals surface area contributed by atoms with Gasteiger partial charge in [0.2, 0.25) is 5.91 Å². The highest BCUT2D eigenvalue weighted by atomic mass is 32.2. The predicted octanol–water partition coefficient (Wildman–Crippen LogP) is 0.0663. The number of nitrogens with one attached hydrogen (secondary N) is 2. The zero-order chi connectivity index (χ0) is 13.3. The van der Waals surface area contributed by atoms with Gasteiger partial charge in [0.25, 0.3) is 0 Å². The molecular formula is C11H22N2O3S. The Morgan fingerprint density at radius 1 is 1.35 bits per heavy atom. The lowest BCUT2D eigenvalue weighted by molar-refractivity contribution is -0.123. The SMILES string of the molecule is CC1CCC(NC(=O)C(C)(C)S(C)(=O)=O)CN1. The maximum Gasteiger partial charge on any atom is 0.241 e. The maximum atomic E-state index is 11.9. The summed E-state index contributed by atoms with van der Waals surface area (Å²) in [6.45, 7) is 5.68. The van der Waals surface area contributed by atoms with Crippen LogP contribution in [0.5, 0.6) is 0 Å². The van der Waals surface area contributed by atoms with Crippen molar-refractivity contribution in [1.29, 1.82) is 0 Å². The lowest BCUT2D eigenvalue weighted by Gasteiger charge is -2.31. The lowest BCUT2D eigenvalue weighted by atomic mass is 10.0. The number of carbonyl (C=O) groups excluding carboxylic acids is 1. The number of sulfone groups is 1. The quantitative estimate of drug-likeness (QED) is 0.754. The van der Waals surface area contributed by atoms with Crippen LogP contribution < -0.4 is 10.6 Å². The van der Waals surface area contributed by atoms with Crippen molar-refractivity contribution in [3.8, 4) is 0 Å². The molecule has 1 saturated heterocycles. The summed E-state index contributed by atoms with van der Waals surface area (Å²) < 4.78 is 21.7. The van der Waals surface area contributed by atoms with E-state index in [4.69, 9.17) is 0 Å². The first-order chi connectivity index (χ1) is 7.64. The molecule has 6 heteroatoms. The molecule has 1 heterocycles. The molecule has 1 aliphatic rings.